The first-order chi connectivity index (χ1) is 8.86. The van der Waals surface area contributed by atoms with Gasteiger partial charge in [-0.2, -0.15) is 4.89 Å². The average Bonchev–Trinajstić information content (AvgIpc) is 2.86. The van der Waals surface area contributed by atoms with Crippen LogP contribution < -0.4 is 0 Å². The van der Waals surface area contributed by atoms with Gasteiger partial charge in [-0.3, -0.25) is 4.89 Å². The molecular weight excluding hydrogens is 248 g/mol. The minimum absolute atomic E-state index is 0.148. The van der Waals surface area contributed by atoms with Crippen molar-refractivity contribution in [2.24, 2.45) is 5.41 Å². The van der Waals surface area contributed by atoms with Crippen molar-refractivity contribution in [3.8, 4) is 0 Å². The normalized spacial score (nSPS) is 18.3. The van der Waals surface area contributed by atoms with E-state index in [0.717, 1.165) is 6.42 Å². The largest absolute Gasteiger partial charge is 0.368 e. The number of carbonyl (C=O) groups is 1. The zero-order valence-electron chi connectivity index (χ0n) is 12.2. The Morgan fingerprint density at radius 3 is 2.47 bits per heavy atom. The molecule has 0 bridgehead atoms. The first-order valence-electron chi connectivity index (χ1n) is 6.63. The highest BCUT2D eigenvalue weighted by Gasteiger charge is 2.35. The van der Waals surface area contributed by atoms with Gasteiger partial charge in [0.25, 0.3) is 0 Å². The van der Waals surface area contributed by atoms with Gasteiger partial charge in [-0.05, 0) is 18.8 Å². The lowest BCUT2D eigenvalue weighted by Crippen LogP contribution is -2.36. The summed E-state index contributed by atoms with van der Waals surface area (Å²) in [6.45, 7) is 12.5. The van der Waals surface area contributed by atoms with E-state index in [2.05, 4.69) is 27.4 Å². The summed E-state index contributed by atoms with van der Waals surface area (Å²) < 4.78 is 10.8. The fraction of sp³-hybridized carbons (Fsp3) is 0.786. The Balaban J connectivity index is 2.58. The molecule has 0 aliphatic carbocycles. The standard InChI is InChI=1S/C14H24O5/c1-6-14(4,5)11(9-12-16-7-8-17-12)18-19-13(15)10(2)3/h11-12H,2,6-9H2,1,3-5H3. The smallest absolute Gasteiger partial charge is 0.350 e. The summed E-state index contributed by atoms with van der Waals surface area (Å²) in [4.78, 5) is 21.5. The molecule has 0 aromatic heterocycles. The zero-order chi connectivity index (χ0) is 14.5. The van der Waals surface area contributed by atoms with Gasteiger partial charge in [0.15, 0.2) is 6.29 Å². The molecule has 19 heavy (non-hydrogen) atoms. The predicted molar refractivity (Wildman–Crippen MR) is 70.2 cm³/mol. The van der Waals surface area contributed by atoms with Gasteiger partial charge in [-0.15, -0.1) is 0 Å². The summed E-state index contributed by atoms with van der Waals surface area (Å²) in [6.07, 6.45) is 0.836. The van der Waals surface area contributed by atoms with E-state index < -0.39 is 5.97 Å². The Morgan fingerprint density at radius 2 is 2.00 bits per heavy atom. The molecule has 1 heterocycles. The summed E-state index contributed by atoms with van der Waals surface area (Å²) in [5.74, 6) is -0.551. The van der Waals surface area contributed by atoms with Crippen LogP contribution >= 0.6 is 0 Å². The highest BCUT2D eigenvalue weighted by Crippen LogP contribution is 2.32. The molecule has 0 aromatic carbocycles. The third-order valence-corrected chi connectivity index (χ3v) is 3.47. The van der Waals surface area contributed by atoms with Crippen LogP contribution in [-0.4, -0.2) is 31.6 Å². The van der Waals surface area contributed by atoms with Gasteiger partial charge in [0.05, 0.1) is 13.2 Å². The third-order valence-electron chi connectivity index (χ3n) is 3.47. The summed E-state index contributed by atoms with van der Waals surface area (Å²) >= 11 is 0. The van der Waals surface area contributed by atoms with E-state index in [-0.39, 0.29) is 17.8 Å². The summed E-state index contributed by atoms with van der Waals surface area (Å²) in [6, 6.07) is 0. The van der Waals surface area contributed by atoms with Crippen LogP contribution in [0.15, 0.2) is 12.2 Å². The molecule has 0 N–H and O–H groups in total. The average molecular weight is 272 g/mol. The van der Waals surface area contributed by atoms with Crippen molar-refractivity contribution in [1.82, 2.24) is 0 Å². The van der Waals surface area contributed by atoms with Crippen molar-refractivity contribution in [1.29, 1.82) is 0 Å². The van der Waals surface area contributed by atoms with Crippen molar-refractivity contribution >= 4 is 5.97 Å². The maximum atomic E-state index is 11.4. The van der Waals surface area contributed by atoms with Crippen LogP contribution in [0.1, 0.15) is 40.5 Å². The molecule has 0 aromatic rings. The number of ether oxygens (including phenoxy) is 2. The second kappa shape index (κ2) is 7.03. The van der Waals surface area contributed by atoms with Crippen molar-refractivity contribution in [2.45, 2.75) is 52.9 Å². The maximum Gasteiger partial charge on any atom is 0.368 e. The molecule has 1 fully saturated rings. The van der Waals surface area contributed by atoms with Crippen molar-refractivity contribution in [2.75, 3.05) is 13.2 Å². The minimum atomic E-state index is -0.551. The van der Waals surface area contributed by atoms with Gasteiger partial charge < -0.3 is 9.47 Å². The first-order valence-corrected chi connectivity index (χ1v) is 6.63. The first kappa shape index (κ1) is 16.1. The quantitative estimate of drug-likeness (QED) is 0.405. The maximum absolute atomic E-state index is 11.4. The number of hydrogen-bond donors (Lipinski definition) is 0. The van der Waals surface area contributed by atoms with Crippen molar-refractivity contribution < 1.29 is 24.0 Å². The summed E-state index contributed by atoms with van der Waals surface area (Å²) in [7, 11) is 0. The predicted octanol–water partition coefficient (Wildman–Crippen LogP) is 2.61. The highest BCUT2D eigenvalue weighted by atomic mass is 17.2. The molecule has 5 heteroatoms. The molecule has 1 aliphatic heterocycles. The van der Waals surface area contributed by atoms with Crippen LogP contribution in [0.2, 0.25) is 0 Å². The molecule has 1 aliphatic rings. The third kappa shape index (κ3) is 4.93. The number of hydrogen-bond acceptors (Lipinski definition) is 5. The van der Waals surface area contributed by atoms with Crippen LogP contribution in [-0.2, 0) is 24.0 Å². The Hall–Kier alpha value is -0.910. The fourth-order valence-electron chi connectivity index (χ4n) is 1.61. The van der Waals surface area contributed by atoms with Crippen molar-refractivity contribution in [3.05, 3.63) is 12.2 Å². The molecule has 1 saturated heterocycles. The lowest BCUT2D eigenvalue weighted by atomic mass is 9.82. The molecule has 110 valence electrons. The topological polar surface area (TPSA) is 54.0 Å². The van der Waals surface area contributed by atoms with E-state index >= 15 is 0 Å². The van der Waals surface area contributed by atoms with E-state index in [1.54, 1.807) is 6.92 Å². The van der Waals surface area contributed by atoms with Crippen LogP contribution in [0, 0.1) is 5.41 Å². The SMILES string of the molecule is C=C(C)C(=O)OOC(CC1OCCO1)C(C)(C)CC. The van der Waals surface area contributed by atoms with Gasteiger partial charge in [0.2, 0.25) is 0 Å². The Bertz CT molecular complexity index is 318. The Morgan fingerprint density at radius 1 is 1.42 bits per heavy atom. The fourth-order valence-corrected chi connectivity index (χ4v) is 1.61. The van der Waals surface area contributed by atoms with Crippen molar-refractivity contribution in [3.63, 3.8) is 0 Å². The van der Waals surface area contributed by atoms with Gasteiger partial charge in [-0.1, -0.05) is 27.4 Å². The molecule has 1 unspecified atom stereocenters. The lowest BCUT2D eigenvalue weighted by Gasteiger charge is -2.32. The van der Waals surface area contributed by atoms with Gasteiger partial charge in [0.1, 0.15) is 6.10 Å². The van der Waals surface area contributed by atoms with Crippen LogP contribution in [0.5, 0.6) is 0 Å². The summed E-state index contributed by atoms with van der Waals surface area (Å²) in [5.41, 5.74) is 0.159. The monoisotopic (exact) mass is 272 g/mol. The van der Waals surface area contributed by atoms with Crippen LogP contribution in [0.3, 0.4) is 0 Å². The Kier molecular flexibility index (Phi) is 5.97. The van der Waals surface area contributed by atoms with Gasteiger partial charge in [0, 0.05) is 12.0 Å². The summed E-state index contributed by atoms with van der Waals surface area (Å²) in [5, 5.41) is 0. The van der Waals surface area contributed by atoms with E-state index in [1.165, 1.54) is 0 Å². The van der Waals surface area contributed by atoms with E-state index in [9.17, 15) is 4.79 Å². The van der Waals surface area contributed by atoms with E-state index in [1.807, 2.05) is 0 Å². The molecule has 1 rings (SSSR count). The number of rotatable bonds is 7. The van der Waals surface area contributed by atoms with E-state index in [4.69, 9.17) is 19.2 Å². The van der Waals surface area contributed by atoms with E-state index in [0.29, 0.717) is 25.2 Å². The highest BCUT2D eigenvalue weighted by molar-refractivity contribution is 5.86. The Labute approximate surface area is 114 Å². The molecule has 0 spiro atoms. The molecule has 0 radical (unpaired) electrons. The second-order valence-electron chi connectivity index (χ2n) is 5.48. The minimum Gasteiger partial charge on any atom is -0.350 e. The molecule has 0 amide bonds. The zero-order valence-corrected chi connectivity index (χ0v) is 12.2. The second-order valence-corrected chi connectivity index (χ2v) is 5.48. The van der Waals surface area contributed by atoms with Gasteiger partial charge in [-0.25, -0.2) is 4.79 Å². The van der Waals surface area contributed by atoms with Crippen LogP contribution in [0.4, 0.5) is 0 Å². The molecule has 0 saturated carbocycles. The molecule has 5 nitrogen and oxygen atoms in total. The van der Waals surface area contributed by atoms with Crippen LogP contribution in [0.25, 0.3) is 0 Å². The number of carbonyl (C=O) groups excluding carboxylic acids is 1. The van der Waals surface area contributed by atoms with Gasteiger partial charge >= 0.3 is 5.97 Å². The molecule has 1 atom stereocenters. The molecular formula is C14H24O5. The lowest BCUT2D eigenvalue weighted by molar-refractivity contribution is -0.320.